The van der Waals surface area contributed by atoms with Crippen LogP contribution in [-0.2, 0) is 16.4 Å². The molecule has 16 heavy (non-hydrogen) atoms. The quantitative estimate of drug-likeness (QED) is 0.891. The second kappa shape index (κ2) is 5.01. The van der Waals surface area contributed by atoms with Gasteiger partial charge in [0.2, 0.25) is 0 Å². The van der Waals surface area contributed by atoms with Crippen molar-refractivity contribution >= 4 is 31.7 Å². The van der Waals surface area contributed by atoms with E-state index >= 15 is 0 Å². The summed E-state index contributed by atoms with van der Waals surface area (Å²) < 4.78 is 24.1. The predicted molar refractivity (Wildman–Crippen MR) is 63.4 cm³/mol. The zero-order valence-corrected chi connectivity index (χ0v) is 11.1. The number of aryl methyl sites for hydroxylation is 1. The molecule has 0 aromatic carbocycles. The Balaban J connectivity index is 2.64. The van der Waals surface area contributed by atoms with Gasteiger partial charge < -0.3 is 9.67 Å². The van der Waals surface area contributed by atoms with Gasteiger partial charge in [-0.2, -0.15) is 0 Å². The molecule has 1 rings (SSSR count). The van der Waals surface area contributed by atoms with Gasteiger partial charge in [0, 0.05) is 19.0 Å². The molecule has 0 atom stereocenters. The van der Waals surface area contributed by atoms with Gasteiger partial charge in [0.1, 0.15) is 9.84 Å². The Kier molecular flexibility index (Phi) is 4.15. The zero-order valence-electron chi connectivity index (χ0n) is 8.68. The van der Waals surface area contributed by atoms with E-state index in [1.54, 1.807) is 4.57 Å². The average molecular weight is 310 g/mol. The molecule has 0 spiro atoms. The molecular weight excluding hydrogens is 298 g/mol. The third kappa shape index (κ3) is 3.97. The Labute approximate surface area is 102 Å². The molecule has 5 nitrogen and oxygen atoms in total. The summed E-state index contributed by atoms with van der Waals surface area (Å²) in [6.45, 7) is 0.473. The number of aromatic carboxylic acids is 1. The number of rotatable bonds is 5. The van der Waals surface area contributed by atoms with E-state index in [9.17, 15) is 13.2 Å². The molecule has 1 aromatic rings. The van der Waals surface area contributed by atoms with Crippen LogP contribution in [0.1, 0.15) is 16.8 Å². The SMILES string of the molecule is CS(=O)(=O)CCCn1cc(C(=O)O)cc1Br. The van der Waals surface area contributed by atoms with Gasteiger partial charge in [0.15, 0.2) is 0 Å². The minimum atomic E-state index is -2.96. The lowest BCUT2D eigenvalue weighted by Gasteiger charge is -2.03. The third-order valence-electron chi connectivity index (χ3n) is 2.01. The lowest BCUT2D eigenvalue weighted by atomic mass is 10.3. The highest BCUT2D eigenvalue weighted by molar-refractivity contribution is 9.10. The minimum Gasteiger partial charge on any atom is -0.478 e. The van der Waals surface area contributed by atoms with Crippen molar-refractivity contribution in [3.8, 4) is 0 Å². The highest BCUT2D eigenvalue weighted by Crippen LogP contribution is 2.16. The molecule has 0 saturated heterocycles. The van der Waals surface area contributed by atoms with E-state index in [-0.39, 0.29) is 11.3 Å². The van der Waals surface area contributed by atoms with Gasteiger partial charge in [-0.05, 0) is 28.4 Å². The van der Waals surface area contributed by atoms with E-state index < -0.39 is 15.8 Å². The van der Waals surface area contributed by atoms with E-state index in [1.165, 1.54) is 18.5 Å². The third-order valence-corrected chi connectivity index (χ3v) is 3.72. The molecule has 0 aliphatic heterocycles. The number of aromatic nitrogens is 1. The summed E-state index contributed by atoms with van der Waals surface area (Å²) in [6.07, 6.45) is 3.13. The number of hydrogen-bond donors (Lipinski definition) is 1. The van der Waals surface area contributed by atoms with Crippen LogP contribution in [0, 0.1) is 0 Å². The summed E-state index contributed by atoms with van der Waals surface area (Å²) in [5.74, 6) is -0.900. The summed E-state index contributed by atoms with van der Waals surface area (Å²) in [5.41, 5.74) is 0.186. The first-order valence-corrected chi connectivity index (χ1v) is 7.41. The van der Waals surface area contributed by atoms with E-state index in [4.69, 9.17) is 5.11 Å². The Hall–Kier alpha value is -0.820. The summed E-state index contributed by atoms with van der Waals surface area (Å²) in [4.78, 5) is 10.7. The minimum absolute atomic E-state index is 0.0972. The Morgan fingerprint density at radius 1 is 1.56 bits per heavy atom. The number of carboxylic acid groups (broad SMARTS) is 1. The average Bonchev–Trinajstić information content (AvgIpc) is 2.46. The van der Waals surface area contributed by atoms with Gasteiger partial charge in [-0.3, -0.25) is 0 Å². The van der Waals surface area contributed by atoms with Crippen LogP contribution < -0.4 is 0 Å². The summed E-state index contributed by atoms with van der Waals surface area (Å²) >= 11 is 3.22. The van der Waals surface area contributed by atoms with Gasteiger partial charge >= 0.3 is 5.97 Å². The molecule has 0 unspecified atom stereocenters. The van der Waals surface area contributed by atoms with E-state index in [0.717, 1.165) is 0 Å². The van der Waals surface area contributed by atoms with Crippen molar-refractivity contribution < 1.29 is 18.3 Å². The zero-order chi connectivity index (χ0) is 12.3. The summed E-state index contributed by atoms with van der Waals surface area (Å²) in [6, 6.07) is 1.49. The monoisotopic (exact) mass is 309 g/mol. The number of hydrogen-bond acceptors (Lipinski definition) is 3. The Morgan fingerprint density at radius 3 is 2.62 bits per heavy atom. The molecule has 0 aliphatic carbocycles. The topological polar surface area (TPSA) is 76.4 Å². The fourth-order valence-corrected chi connectivity index (χ4v) is 2.44. The molecule has 1 aromatic heterocycles. The van der Waals surface area contributed by atoms with Gasteiger partial charge in [-0.25, -0.2) is 13.2 Å². The molecular formula is C9H12BrNO4S. The standard InChI is InChI=1S/C9H12BrNO4S/c1-16(14,15)4-2-3-11-6-7(9(12)13)5-8(11)10/h5-6H,2-4H2,1H3,(H,12,13). The molecule has 0 amide bonds. The maximum absolute atomic E-state index is 10.9. The maximum atomic E-state index is 10.9. The van der Waals surface area contributed by atoms with Crippen LogP contribution in [-0.4, -0.2) is 36.1 Å². The number of sulfone groups is 1. The van der Waals surface area contributed by atoms with Gasteiger partial charge in [0.25, 0.3) is 0 Å². The van der Waals surface area contributed by atoms with Crippen molar-refractivity contribution in [2.24, 2.45) is 0 Å². The molecule has 90 valence electrons. The highest BCUT2D eigenvalue weighted by Gasteiger charge is 2.09. The van der Waals surface area contributed by atoms with Gasteiger partial charge in [-0.1, -0.05) is 0 Å². The number of carbonyl (C=O) groups is 1. The molecule has 0 fully saturated rings. The summed E-state index contributed by atoms with van der Waals surface area (Å²) in [7, 11) is -2.96. The fraction of sp³-hybridized carbons (Fsp3) is 0.444. The number of halogens is 1. The van der Waals surface area contributed by atoms with E-state index in [1.807, 2.05) is 0 Å². The van der Waals surface area contributed by atoms with Crippen LogP contribution >= 0.6 is 15.9 Å². The molecule has 0 radical (unpaired) electrons. The largest absolute Gasteiger partial charge is 0.478 e. The van der Waals surface area contributed by atoms with Crippen molar-refractivity contribution in [1.82, 2.24) is 4.57 Å². The van der Waals surface area contributed by atoms with Crippen molar-refractivity contribution in [3.05, 3.63) is 22.4 Å². The highest BCUT2D eigenvalue weighted by atomic mass is 79.9. The molecule has 0 aliphatic rings. The first-order valence-electron chi connectivity index (χ1n) is 4.56. The van der Waals surface area contributed by atoms with Gasteiger partial charge in [0.05, 0.1) is 15.9 Å². The Morgan fingerprint density at radius 2 is 2.19 bits per heavy atom. The van der Waals surface area contributed by atoms with E-state index in [2.05, 4.69) is 15.9 Å². The summed E-state index contributed by atoms with van der Waals surface area (Å²) in [5, 5.41) is 8.75. The van der Waals surface area contributed by atoms with Crippen LogP contribution in [0.5, 0.6) is 0 Å². The van der Waals surface area contributed by atoms with Crippen molar-refractivity contribution in [2.45, 2.75) is 13.0 Å². The molecule has 1 N–H and O–H groups in total. The molecule has 1 heterocycles. The molecule has 0 saturated carbocycles. The van der Waals surface area contributed by atoms with Crippen LogP contribution in [0.3, 0.4) is 0 Å². The van der Waals surface area contributed by atoms with Crippen LogP contribution in [0.25, 0.3) is 0 Å². The van der Waals surface area contributed by atoms with Crippen LogP contribution in [0.4, 0.5) is 0 Å². The first-order chi connectivity index (χ1) is 7.29. The van der Waals surface area contributed by atoms with Gasteiger partial charge in [-0.15, -0.1) is 0 Å². The smallest absolute Gasteiger partial charge is 0.337 e. The van der Waals surface area contributed by atoms with Crippen molar-refractivity contribution in [1.29, 1.82) is 0 Å². The predicted octanol–water partition coefficient (Wildman–Crippen LogP) is 1.38. The molecule has 7 heteroatoms. The first kappa shape index (κ1) is 13.2. The van der Waals surface area contributed by atoms with Crippen molar-refractivity contribution in [3.63, 3.8) is 0 Å². The van der Waals surface area contributed by atoms with Crippen LogP contribution in [0.15, 0.2) is 16.9 Å². The fourth-order valence-electron chi connectivity index (χ4n) is 1.26. The second-order valence-corrected chi connectivity index (χ2v) is 6.61. The number of nitrogens with zero attached hydrogens (tertiary/aromatic N) is 1. The van der Waals surface area contributed by atoms with Crippen molar-refractivity contribution in [2.75, 3.05) is 12.0 Å². The lowest BCUT2D eigenvalue weighted by molar-refractivity contribution is 0.0697. The lowest BCUT2D eigenvalue weighted by Crippen LogP contribution is -2.07. The van der Waals surface area contributed by atoms with Crippen LogP contribution in [0.2, 0.25) is 0 Å². The van der Waals surface area contributed by atoms with E-state index in [0.29, 0.717) is 17.6 Å². The molecule has 0 bridgehead atoms. The normalized spacial score (nSPS) is 11.6. The number of carboxylic acids is 1. The second-order valence-electron chi connectivity index (χ2n) is 3.53. The Bertz CT molecular complexity index is 492. The maximum Gasteiger partial charge on any atom is 0.337 e.